The molecule has 88 valence electrons. The van der Waals surface area contributed by atoms with Crippen LogP contribution in [0.2, 0.25) is 0 Å². The lowest BCUT2D eigenvalue weighted by atomic mass is 10.1. The second-order valence-electron chi connectivity index (χ2n) is 4.56. The molecule has 4 heteroatoms. The van der Waals surface area contributed by atoms with Gasteiger partial charge in [0.05, 0.1) is 0 Å². The van der Waals surface area contributed by atoms with Crippen LogP contribution in [0.4, 0.5) is 5.69 Å². The molecule has 0 radical (unpaired) electrons. The summed E-state index contributed by atoms with van der Waals surface area (Å²) in [6, 6.07) is 6.67. The zero-order valence-corrected chi connectivity index (χ0v) is 9.73. The first-order valence-electron chi connectivity index (χ1n) is 5.06. The molecule has 0 saturated carbocycles. The molecule has 0 aliphatic carbocycles. The van der Waals surface area contributed by atoms with Crippen LogP contribution < -0.4 is 5.73 Å². The van der Waals surface area contributed by atoms with E-state index in [0.29, 0.717) is 11.3 Å². The monoisotopic (exact) mass is 223 g/mol. The molecule has 0 aliphatic rings. The van der Waals surface area contributed by atoms with E-state index in [9.17, 15) is 9.90 Å². The van der Waals surface area contributed by atoms with Crippen LogP contribution in [0, 0.1) is 0 Å². The first kappa shape index (κ1) is 12.5. The zero-order valence-electron chi connectivity index (χ0n) is 9.73. The van der Waals surface area contributed by atoms with Crippen molar-refractivity contribution in [3.8, 4) is 0 Å². The minimum absolute atomic E-state index is 0.372. The highest BCUT2D eigenvalue weighted by Gasteiger charge is 2.25. The van der Waals surface area contributed by atoms with E-state index in [4.69, 9.17) is 10.5 Å². The SMILES string of the molecule is CC(C)(C)OC(=O)[C@@H](O)c1ccccc1N. The van der Waals surface area contributed by atoms with Gasteiger partial charge in [0.25, 0.3) is 0 Å². The molecule has 1 rings (SSSR count). The second kappa shape index (κ2) is 4.53. The fourth-order valence-corrected chi connectivity index (χ4v) is 1.24. The molecule has 16 heavy (non-hydrogen) atoms. The molecule has 0 fully saturated rings. The van der Waals surface area contributed by atoms with Gasteiger partial charge < -0.3 is 15.6 Å². The Bertz CT molecular complexity index is 382. The Kier molecular flexibility index (Phi) is 3.55. The largest absolute Gasteiger partial charge is 0.458 e. The summed E-state index contributed by atoms with van der Waals surface area (Å²) in [6.07, 6.45) is -1.33. The van der Waals surface area contributed by atoms with Gasteiger partial charge in [0, 0.05) is 11.3 Å². The van der Waals surface area contributed by atoms with E-state index in [1.54, 1.807) is 45.0 Å². The number of nitrogen functional groups attached to an aromatic ring is 1. The maximum atomic E-state index is 11.6. The van der Waals surface area contributed by atoms with Crippen molar-refractivity contribution in [1.82, 2.24) is 0 Å². The van der Waals surface area contributed by atoms with E-state index in [1.165, 1.54) is 0 Å². The summed E-state index contributed by atoms with van der Waals surface area (Å²) in [5.74, 6) is -0.689. The first-order chi connectivity index (χ1) is 7.31. The smallest absolute Gasteiger partial charge is 0.340 e. The Hall–Kier alpha value is -1.55. The maximum Gasteiger partial charge on any atom is 0.340 e. The number of nitrogens with two attached hydrogens (primary N) is 1. The number of carbonyl (C=O) groups is 1. The second-order valence-corrected chi connectivity index (χ2v) is 4.56. The Morgan fingerprint density at radius 3 is 2.44 bits per heavy atom. The van der Waals surface area contributed by atoms with E-state index < -0.39 is 17.7 Å². The van der Waals surface area contributed by atoms with Crippen LogP contribution in [0.1, 0.15) is 32.4 Å². The molecule has 1 atom stereocenters. The van der Waals surface area contributed by atoms with Crippen LogP contribution in [-0.4, -0.2) is 16.7 Å². The number of ether oxygens (including phenoxy) is 1. The fourth-order valence-electron chi connectivity index (χ4n) is 1.24. The molecule has 0 unspecified atom stereocenters. The highest BCUT2D eigenvalue weighted by molar-refractivity contribution is 5.78. The summed E-state index contributed by atoms with van der Waals surface area (Å²) in [6.45, 7) is 5.23. The predicted octanol–water partition coefficient (Wildman–Crippen LogP) is 1.64. The van der Waals surface area contributed by atoms with Crippen molar-refractivity contribution < 1.29 is 14.6 Å². The lowest BCUT2D eigenvalue weighted by molar-refractivity contribution is -0.165. The molecule has 0 saturated heterocycles. The summed E-state index contributed by atoms with van der Waals surface area (Å²) in [5, 5.41) is 9.78. The van der Waals surface area contributed by atoms with Gasteiger partial charge >= 0.3 is 5.97 Å². The van der Waals surface area contributed by atoms with Crippen molar-refractivity contribution >= 4 is 11.7 Å². The third-order valence-electron chi connectivity index (χ3n) is 1.92. The molecule has 0 aliphatic heterocycles. The number of para-hydroxylation sites is 1. The molecule has 1 aromatic carbocycles. The molecule has 0 spiro atoms. The quantitative estimate of drug-likeness (QED) is 0.590. The van der Waals surface area contributed by atoms with Gasteiger partial charge in [-0.2, -0.15) is 0 Å². The number of hydrogen-bond donors (Lipinski definition) is 2. The highest BCUT2D eigenvalue weighted by Crippen LogP contribution is 2.22. The summed E-state index contributed by atoms with van der Waals surface area (Å²) in [5.41, 5.74) is 5.78. The molecule has 0 amide bonds. The topological polar surface area (TPSA) is 72.5 Å². The molecule has 3 N–H and O–H groups in total. The molecular weight excluding hydrogens is 206 g/mol. The van der Waals surface area contributed by atoms with Crippen molar-refractivity contribution in [2.24, 2.45) is 0 Å². The molecule has 0 heterocycles. The first-order valence-corrected chi connectivity index (χ1v) is 5.06. The van der Waals surface area contributed by atoms with Crippen molar-refractivity contribution in [2.75, 3.05) is 5.73 Å². The number of carbonyl (C=O) groups excluding carboxylic acids is 1. The van der Waals surface area contributed by atoms with Crippen LogP contribution in [0.25, 0.3) is 0 Å². The van der Waals surface area contributed by atoms with Gasteiger partial charge in [-0.3, -0.25) is 0 Å². The molecule has 0 bridgehead atoms. The van der Waals surface area contributed by atoms with Gasteiger partial charge in [0.2, 0.25) is 0 Å². The van der Waals surface area contributed by atoms with Gasteiger partial charge in [0.1, 0.15) is 5.60 Å². The van der Waals surface area contributed by atoms with Gasteiger partial charge in [-0.25, -0.2) is 4.79 Å². The van der Waals surface area contributed by atoms with E-state index in [2.05, 4.69) is 0 Å². The third-order valence-corrected chi connectivity index (χ3v) is 1.92. The lowest BCUT2D eigenvalue weighted by Gasteiger charge is -2.22. The van der Waals surface area contributed by atoms with Crippen LogP contribution >= 0.6 is 0 Å². The normalized spacial score (nSPS) is 13.2. The Balaban J connectivity index is 2.83. The summed E-state index contributed by atoms with van der Waals surface area (Å²) < 4.78 is 5.06. The van der Waals surface area contributed by atoms with Gasteiger partial charge in [-0.15, -0.1) is 0 Å². The highest BCUT2D eigenvalue weighted by atomic mass is 16.6. The standard InChI is InChI=1S/C12H17NO3/c1-12(2,3)16-11(15)10(14)8-6-4-5-7-9(8)13/h4-7,10,14H,13H2,1-3H3/t10-/m0/s1. The summed E-state index contributed by atoms with van der Waals surface area (Å²) in [7, 11) is 0. The minimum atomic E-state index is -1.33. The van der Waals surface area contributed by atoms with Gasteiger partial charge in [-0.1, -0.05) is 18.2 Å². The van der Waals surface area contributed by atoms with E-state index in [-0.39, 0.29) is 0 Å². The number of rotatable bonds is 2. The van der Waals surface area contributed by atoms with Crippen molar-refractivity contribution in [2.45, 2.75) is 32.5 Å². The number of anilines is 1. The fraction of sp³-hybridized carbons (Fsp3) is 0.417. The van der Waals surface area contributed by atoms with Crippen molar-refractivity contribution in [1.29, 1.82) is 0 Å². The molecule has 4 nitrogen and oxygen atoms in total. The number of aliphatic hydroxyl groups excluding tert-OH is 1. The number of hydrogen-bond acceptors (Lipinski definition) is 4. The lowest BCUT2D eigenvalue weighted by Crippen LogP contribution is -2.28. The van der Waals surface area contributed by atoms with E-state index in [1.807, 2.05) is 0 Å². The Morgan fingerprint density at radius 2 is 1.94 bits per heavy atom. The molecular formula is C12H17NO3. The average Bonchev–Trinajstić information content (AvgIpc) is 2.15. The van der Waals surface area contributed by atoms with Gasteiger partial charge in [-0.05, 0) is 26.8 Å². The van der Waals surface area contributed by atoms with Crippen LogP contribution in [0.5, 0.6) is 0 Å². The average molecular weight is 223 g/mol. The summed E-state index contributed by atoms with van der Waals surface area (Å²) in [4.78, 5) is 11.6. The van der Waals surface area contributed by atoms with E-state index in [0.717, 1.165) is 0 Å². The van der Waals surface area contributed by atoms with Crippen molar-refractivity contribution in [3.63, 3.8) is 0 Å². The predicted molar refractivity (Wildman–Crippen MR) is 61.7 cm³/mol. The number of esters is 1. The minimum Gasteiger partial charge on any atom is -0.458 e. The van der Waals surface area contributed by atoms with Crippen molar-refractivity contribution in [3.05, 3.63) is 29.8 Å². The number of benzene rings is 1. The van der Waals surface area contributed by atoms with Gasteiger partial charge in [0.15, 0.2) is 6.10 Å². The molecule has 0 aromatic heterocycles. The summed E-state index contributed by atoms with van der Waals surface area (Å²) >= 11 is 0. The molecule has 1 aromatic rings. The number of aliphatic hydroxyl groups is 1. The van der Waals surface area contributed by atoms with Crippen LogP contribution in [-0.2, 0) is 9.53 Å². The van der Waals surface area contributed by atoms with E-state index >= 15 is 0 Å². The Labute approximate surface area is 95.0 Å². The Morgan fingerprint density at radius 1 is 1.38 bits per heavy atom. The van der Waals surface area contributed by atoms with Crippen LogP contribution in [0.3, 0.4) is 0 Å². The third kappa shape index (κ3) is 3.24. The zero-order chi connectivity index (χ0) is 12.3. The maximum absolute atomic E-state index is 11.6. The van der Waals surface area contributed by atoms with Crippen LogP contribution in [0.15, 0.2) is 24.3 Å².